The van der Waals surface area contributed by atoms with Crippen LogP contribution in [0.1, 0.15) is 61.3 Å². The van der Waals surface area contributed by atoms with Crippen LogP contribution in [0.15, 0.2) is 48.5 Å². The molecule has 2 aromatic rings. The molecular formula is C30H39N3O. The molecule has 180 valence electrons. The molecule has 4 bridgehead atoms. The molecule has 4 saturated carbocycles. The van der Waals surface area contributed by atoms with Gasteiger partial charge in [0.25, 0.3) is 0 Å². The van der Waals surface area contributed by atoms with Crippen LogP contribution < -0.4 is 10.2 Å². The second-order valence-electron chi connectivity index (χ2n) is 11.9. The molecule has 4 heteroatoms. The maximum atomic E-state index is 13.7. The summed E-state index contributed by atoms with van der Waals surface area (Å²) in [5, 5.41) is 3.51. The number of carbonyl (C=O) groups is 1. The summed E-state index contributed by atoms with van der Waals surface area (Å²) < 4.78 is 0. The Morgan fingerprint density at radius 3 is 2.21 bits per heavy atom. The monoisotopic (exact) mass is 457 g/mol. The van der Waals surface area contributed by atoms with Gasteiger partial charge in [0, 0.05) is 44.8 Å². The lowest BCUT2D eigenvalue weighted by Gasteiger charge is -2.55. The lowest BCUT2D eigenvalue weighted by atomic mass is 9.49. The minimum Gasteiger partial charge on any atom is -0.378 e. The van der Waals surface area contributed by atoms with Crippen molar-refractivity contribution in [1.29, 1.82) is 0 Å². The van der Waals surface area contributed by atoms with Crippen LogP contribution in [0, 0.1) is 23.2 Å². The van der Waals surface area contributed by atoms with E-state index in [1.54, 1.807) is 0 Å². The van der Waals surface area contributed by atoms with Gasteiger partial charge < -0.3 is 10.2 Å². The zero-order chi connectivity index (χ0) is 23.3. The Morgan fingerprint density at radius 1 is 0.971 bits per heavy atom. The van der Waals surface area contributed by atoms with E-state index in [4.69, 9.17) is 0 Å². The second-order valence-corrected chi connectivity index (χ2v) is 11.9. The topological polar surface area (TPSA) is 35.6 Å². The summed E-state index contributed by atoms with van der Waals surface area (Å²) in [6, 6.07) is 18.0. The number of rotatable bonds is 6. The standard InChI is InChI=1S/C30H39N3O/c1-32(2)27-9-7-25(8-10-27)28(33-12-11-24-5-3-4-6-26(24)20-33)19-31-29(34)30-16-21-13-22(17-30)15-23(14-21)18-30/h3-10,21-23,28H,11-20H2,1-2H3,(H,31,34)/t21?,22?,23?,28-,30?/m1/s1. The lowest BCUT2D eigenvalue weighted by Crippen LogP contribution is -2.54. The highest BCUT2D eigenvalue weighted by Crippen LogP contribution is 2.60. The van der Waals surface area contributed by atoms with E-state index < -0.39 is 0 Å². The fourth-order valence-corrected chi connectivity index (χ4v) is 8.00. The summed E-state index contributed by atoms with van der Waals surface area (Å²) in [4.78, 5) is 18.4. The third-order valence-electron chi connectivity index (χ3n) is 9.37. The van der Waals surface area contributed by atoms with E-state index in [9.17, 15) is 4.79 Å². The van der Waals surface area contributed by atoms with E-state index in [2.05, 4.69) is 77.7 Å². The van der Waals surface area contributed by atoms with Gasteiger partial charge in [-0.15, -0.1) is 0 Å². The summed E-state index contributed by atoms with van der Waals surface area (Å²) in [6.45, 7) is 2.68. The minimum atomic E-state index is -0.0808. The molecule has 0 radical (unpaired) electrons. The summed E-state index contributed by atoms with van der Waals surface area (Å²) in [5.41, 5.74) is 5.33. The van der Waals surface area contributed by atoms with Gasteiger partial charge >= 0.3 is 0 Å². The number of hydrogen-bond acceptors (Lipinski definition) is 3. The molecule has 0 aromatic heterocycles. The SMILES string of the molecule is CN(C)c1ccc([C@@H](CNC(=O)C23CC4CC(CC(C4)C2)C3)N2CCc3ccccc3C2)cc1. The van der Waals surface area contributed by atoms with Crippen LogP contribution in [0.4, 0.5) is 5.69 Å². The Kier molecular flexibility index (Phi) is 5.68. The molecule has 1 amide bonds. The van der Waals surface area contributed by atoms with Gasteiger partial charge in [0.05, 0.1) is 6.04 Å². The molecule has 34 heavy (non-hydrogen) atoms. The first-order valence-electron chi connectivity index (χ1n) is 13.4. The van der Waals surface area contributed by atoms with Crippen LogP contribution in [0.3, 0.4) is 0 Å². The number of benzene rings is 2. The second kappa shape index (κ2) is 8.71. The van der Waals surface area contributed by atoms with Crippen molar-refractivity contribution in [2.75, 3.05) is 32.1 Å². The van der Waals surface area contributed by atoms with Crippen LogP contribution in [-0.2, 0) is 17.8 Å². The Balaban J connectivity index is 1.22. The van der Waals surface area contributed by atoms with Crippen molar-refractivity contribution in [2.24, 2.45) is 23.2 Å². The number of nitrogens with zero attached hydrogens (tertiary/aromatic N) is 2. The number of anilines is 1. The van der Waals surface area contributed by atoms with Crippen molar-refractivity contribution in [3.05, 3.63) is 65.2 Å². The quantitative estimate of drug-likeness (QED) is 0.649. The summed E-state index contributed by atoms with van der Waals surface area (Å²) >= 11 is 0. The molecule has 1 atom stereocenters. The molecule has 1 aliphatic heterocycles. The third kappa shape index (κ3) is 4.04. The zero-order valence-electron chi connectivity index (χ0n) is 20.8. The van der Waals surface area contributed by atoms with Crippen molar-refractivity contribution in [1.82, 2.24) is 10.2 Å². The number of hydrogen-bond donors (Lipinski definition) is 1. The maximum absolute atomic E-state index is 13.7. The van der Waals surface area contributed by atoms with Gasteiger partial charge in [-0.25, -0.2) is 0 Å². The van der Waals surface area contributed by atoms with Crippen LogP contribution in [0.5, 0.6) is 0 Å². The molecular weight excluding hydrogens is 418 g/mol. The molecule has 4 fully saturated rings. The summed E-state index contributed by atoms with van der Waals surface area (Å²) in [6.07, 6.45) is 8.59. The molecule has 5 aliphatic rings. The van der Waals surface area contributed by atoms with Crippen LogP contribution in [0.2, 0.25) is 0 Å². The molecule has 0 unspecified atom stereocenters. The highest BCUT2D eigenvalue weighted by atomic mass is 16.2. The Hall–Kier alpha value is -2.33. The van der Waals surface area contributed by atoms with Crippen molar-refractivity contribution in [2.45, 2.75) is 57.5 Å². The van der Waals surface area contributed by atoms with Crippen molar-refractivity contribution in [3.8, 4) is 0 Å². The highest BCUT2D eigenvalue weighted by molar-refractivity contribution is 5.83. The Bertz CT molecular complexity index is 1010. The predicted molar refractivity (Wildman–Crippen MR) is 138 cm³/mol. The van der Waals surface area contributed by atoms with Crippen LogP contribution in [-0.4, -0.2) is 38.0 Å². The molecule has 0 spiro atoms. The number of carbonyl (C=O) groups excluding carboxylic acids is 1. The van der Waals surface area contributed by atoms with E-state index in [0.29, 0.717) is 12.5 Å². The van der Waals surface area contributed by atoms with E-state index in [1.165, 1.54) is 41.6 Å². The molecule has 4 nitrogen and oxygen atoms in total. The number of fused-ring (bicyclic) bond motifs is 1. The van der Waals surface area contributed by atoms with Gasteiger partial charge in [-0.3, -0.25) is 9.69 Å². The van der Waals surface area contributed by atoms with Crippen molar-refractivity contribution in [3.63, 3.8) is 0 Å². The average Bonchev–Trinajstić information content (AvgIpc) is 2.83. The van der Waals surface area contributed by atoms with Gasteiger partial charge in [-0.05, 0) is 91.5 Å². The number of nitrogens with one attached hydrogen (secondary N) is 1. The fraction of sp³-hybridized carbons (Fsp3) is 0.567. The first kappa shape index (κ1) is 22.2. The first-order chi connectivity index (χ1) is 16.5. The van der Waals surface area contributed by atoms with E-state index >= 15 is 0 Å². The first-order valence-corrected chi connectivity index (χ1v) is 13.4. The maximum Gasteiger partial charge on any atom is 0.226 e. The smallest absolute Gasteiger partial charge is 0.226 e. The van der Waals surface area contributed by atoms with Gasteiger partial charge in [0.1, 0.15) is 0 Å². The normalized spacial score (nSPS) is 30.6. The number of amides is 1. The van der Waals surface area contributed by atoms with E-state index in [-0.39, 0.29) is 11.5 Å². The van der Waals surface area contributed by atoms with Crippen LogP contribution in [0.25, 0.3) is 0 Å². The van der Waals surface area contributed by atoms with Gasteiger partial charge in [0.15, 0.2) is 0 Å². The lowest BCUT2D eigenvalue weighted by molar-refractivity contribution is -0.146. The van der Waals surface area contributed by atoms with E-state index in [0.717, 1.165) is 56.5 Å². The van der Waals surface area contributed by atoms with Gasteiger partial charge in [-0.1, -0.05) is 36.4 Å². The van der Waals surface area contributed by atoms with Crippen molar-refractivity contribution >= 4 is 11.6 Å². The highest BCUT2D eigenvalue weighted by Gasteiger charge is 2.54. The Labute approximate surface area is 204 Å². The van der Waals surface area contributed by atoms with Gasteiger partial charge in [-0.2, -0.15) is 0 Å². The van der Waals surface area contributed by atoms with E-state index in [1.807, 2.05) is 0 Å². The zero-order valence-corrected chi connectivity index (χ0v) is 20.8. The van der Waals surface area contributed by atoms with Gasteiger partial charge in [0.2, 0.25) is 5.91 Å². The Morgan fingerprint density at radius 2 is 1.59 bits per heavy atom. The molecule has 7 rings (SSSR count). The largest absolute Gasteiger partial charge is 0.378 e. The summed E-state index contributed by atoms with van der Waals surface area (Å²) in [5.74, 6) is 2.74. The molecule has 2 aromatic carbocycles. The third-order valence-corrected chi connectivity index (χ3v) is 9.37. The molecule has 4 aliphatic carbocycles. The average molecular weight is 458 g/mol. The molecule has 1 N–H and O–H groups in total. The summed E-state index contributed by atoms with van der Waals surface area (Å²) in [7, 11) is 4.17. The molecule has 1 heterocycles. The predicted octanol–water partition coefficient (Wildman–Crippen LogP) is 5.18. The minimum absolute atomic E-state index is 0.0808. The van der Waals surface area contributed by atoms with Crippen LogP contribution >= 0.6 is 0 Å². The van der Waals surface area contributed by atoms with Crippen molar-refractivity contribution < 1.29 is 4.79 Å². The fourth-order valence-electron chi connectivity index (χ4n) is 8.00. The molecule has 0 saturated heterocycles.